The summed E-state index contributed by atoms with van der Waals surface area (Å²) in [6.07, 6.45) is -1.26. The van der Waals surface area contributed by atoms with Gasteiger partial charge in [-0.05, 0) is 46.2 Å². The summed E-state index contributed by atoms with van der Waals surface area (Å²) >= 11 is 12.2. The monoisotopic (exact) mass is 582 g/mol. The van der Waals surface area contributed by atoms with Gasteiger partial charge in [0.1, 0.15) is 23.8 Å². The minimum atomic E-state index is -4.02. The topological polar surface area (TPSA) is 142 Å². The summed E-state index contributed by atoms with van der Waals surface area (Å²) in [6, 6.07) is 0. The molecule has 0 N–H and O–H groups in total. The van der Waals surface area contributed by atoms with Crippen molar-refractivity contribution in [2.24, 2.45) is 0 Å². The van der Waals surface area contributed by atoms with Gasteiger partial charge >= 0.3 is 13.6 Å². The molecule has 0 saturated carbocycles. The maximum Gasteiger partial charge on any atom is 0.370 e. The number of halogens is 2. The highest BCUT2D eigenvalue weighted by atomic mass is 35.5. The maximum atomic E-state index is 13.4. The summed E-state index contributed by atoms with van der Waals surface area (Å²) in [5.41, 5.74) is 0.672. The second-order valence-electron chi connectivity index (χ2n) is 8.55. The number of fused-ring (bicyclic) bond motifs is 2. The van der Waals surface area contributed by atoms with Crippen molar-refractivity contribution >= 4 is 47.9 Å². The Balaban J connectivity index is 1.62. The van der Waals surface area contributed by atoms with E-state index in [0.717, 1.165) is 0 Å². The van der Waals surface area contributed by atoms with Crippen molar-refractivity contribution in [2.75, 3.05) is 26.4 Å². The molecular formula is C21H29Cl2N4O9P. The van der Waals surface area contributed by atoms with E-state index in [9.17, 15) is 9.36 Å². The highest BCUT2D eigenvalue weighted by Crippen LogP contribution is 2.54. The van der Waals surface area contributed by atoms with Crippen LogP contribution in [0, 0.1) is 0 Å². The normalized spacial score (nSPS) is 25.9. The zero-order valence-electron chi connectivity index (χ0n) is 21.0. The van der Waals surface area contributed by atoms with E-state index in [1.165, 1.54) is 6.33 Å². The first-order chi connectivity index (χ1) is 17.5. The van der Waals surface area contributed by atoms with Crippen LogP contribution in [-0.2, 0) is 42.1 Å². The van der Waals surface area contributed by atoms with Crippen LogP contribution in [0.2, 0.25) is 10.4 Å². The van der Waals surface area contributed by atoms with E-state index < -0.39 is 49.7 Å². The van der Waals surface area contributed by atoms with Gasteiger partial charge in [-0.25, -0.2) is 14.8 Å². The molecule has 2 aromatic rings. The van der Waals surface area contributed by atoms with Crippen molar-refractivity contribution in [3.63, 3.8) is 0 Å². The molecule has 2 aliphatic rings. The van der Waals surface area contributed by atoms with Crippen LogP contribution >= 0.6 is 30.8 Å². The van der Waals surface area contributed by atoms with Crippen molar-refractivity contribution in [3.05, 3.63) is 16.8 Å². The van der Waals surface area contributed by atoms with Gasteiger partial charge in [0.25, 0.3) is 5.85 Å². The molecule has 0 aliphatic carbocycles. The first-order valence-corrected chi connectivity index (χ1v) is 14.1. The van der Waals surface area contributed by atoms with E-state index in [1.807, 2.05) is 0 Å². The van der Waals surface area contributed by atoms with Gasteiger partial charge in [-0.15, -0.1) is 0 Å². The number of ether oxygens (including phenoxy) is 5. The molecule has 0 aromatic carbocycles. The fraction of sp³-hybridized carbons (Fsp3) is 0.714. The van der Waals surface area contributed by atoms with Crippen LogP contribution < -0.4 is 0 Å². The molecule has 4 rings (SSSR count). The second kappa shape index (κ2) is 11.4. The predicted molar refractivity (Wildman–Crippen MR) is 130 cm³/mol. The van der Waals surface area contributed by atoms with Crippen LogP contribution in [0.4, 0.5) is 0 Å². The zero-order chi connectivity index (χ0) is 27.0. The average Bonchev–Trinajstić information content (AvgIpc) is 3.45. The van der Waals surface area contributed by atoms with E-state index in [1.54, 1.807) is 39.2 Å². The number of carbonyl (C=O) groups is 1. The molecule has 2 saturated heterocycles. The Morgan fingerprint density at radius 3 is 2.46 bits per heavy atom. The summed E-state index contributed by atoms with van der Waals surface area (Å²) in [7, 11) is -4.02. The van der Waals surface area contributed by atoms with E-state index in [-0.39, 0.29) is 36.9 Å². The van der Waals surface area contributed by atoms with Gasteiger partial charge < -0.3 is 32.7 Å². The zero-order valence-corrected chi connectivity index (χ0v) is 23.4. The molecule has 37 heavy (non-hydrogen) atoms. The van der Waals surface area contributed by atoms with E-state index in [0.29, 0.717) is 11.2 Å². The van der Waals surface area contributed by atoms with Gasteiger partial charge in [0.05, 0.1) is 32.8 Å². The van der Waals surface area contributed by atoms with Crippen molar-refractivity contribution in [1.29, 1.82) is 0 Å². The molecular weight excluding hydrogens is 554 g/mol. The molecule has 0 bridgehead atoms. The van der Waals surface area contributed by atoms with E-state index >= 15 is 0 Å². The van der Waals surface area contributed by atoms with Gasteiger partial charge in [0.2, 0.25) is 5.28 Å². The van der Waals surface area contributed by atoms with Crippen molar-refractivity contribution in [3.8, 4) is 0 Å². The molecule has 16 heteroatoms. The standard InChI is InChI=1S/C21H29Cl2N4O9P/c1-6-30-18(28)19(37(29,32-7-2)33-8-3)31-9-11-13-14(36-21(4,5)35-13)17(34-11)27-10-24-12-15(22)25-20(23)26-16(12)27/h10-11,13-14,17,19H,6-9H2,1-5H3/t11-,13-,14-,17-,19?/m1/s1. The molecule has 1 unspecified atom stereocenters. The third-order valence-corrected chi connectivity index (χ3v) is 8.17. The summed E-state index contributed by atoms with van der Waals surface area (Å²) in [5, 5.41) is 0.0319. The average molecular weight is 583 g/mol. The van der Waals surface area contributed by atoms with E-state index in [4.69, 9.17) is 55.9 Å². The molecule has 0 amide bonds. The predicted octanol–water partition coefficient (Wildman–Crippen LogP) is 3.72. The van der Waals surface area contributed by atoms with Gasteiger partial charge in [0.15, 0.2) is 22.8 Å². The number of hydrogen-bond donors (Lipinski definition) is 0. The van der Waals surface area contributed by atoms with Gasteiger partial charge in [0, 0.05) is 0 Å². The molecule has 5 atom stereocenters. The fourth-order valence-electron chi connectivity index (χ4n) is 4.28. The van der Waals surface area contributed by atoms with E-state index in [2.05, 4.69) is 15.0 Å². The molecule has 4 heterocycles. The van der Waals surface area contributed by atoms with Crippen LogP contribution in [0.5, 0.6) is 0 Å². The number of aromatic nitrogens is 4. The fourth-order valence-corrected chi connectivity index (χ4v) is 6.37. The SMILES string of the molecule is CCOC(=O)C(OC[C@H]1O[C@@H](n2cnc3c(Cl)nc(Cl)nc32)[C@@H]2OC(C)(C)O[C@@H]21)P(=O)(OCC)OCC. The summed E-state index contributed by atoms with van der Waals surface area (Å²) < 4.78 is 55.1. The van der Waals surface area contributed by atoms with Crippen molar-refractivity contribution in [1.82, 2.24) is 19.5 Å². The third kappa shape index (κ3) is 5.80. The van der Waals surface area contributed by atoms with Crippen LogP contribution in [-0.4, -0.2) is 81.9 Å². The number of carbonyl (C=O) groups excluding carboxylic acids is 1. The smallest absolute Gasteiger partial charge is 0.370 e. The Hall–Kier alpha value is -1.41. The number of imidazole rings is 1. The Morgan fingerprint density at radius 2 is 1.81 bits per heavy atom. The maximum absolute atomic E-state index is 13.4. The molecule has 13 nitrogen and oxygen atoms in total. The molecule has 0 spiro atoms. The lowest BCUT2D eigenvalue weighted by atomic mass is 10.1. The number of hydrogen-bond acceptors (Lipinski definition) is 12. The highest BCUT2D eigenvalue weighted by Gasteiger charge is 2.57. The quantitative estimate of drug-likeness (QED) is 0.165. The summed E-state index contributed by atoms with van der Waals surface area (Å²) in [4.78, 5) is 25.1. The third-order valence-electron chi connectivity index (χ3n) is 5.56. The van der Waals surface area contributed by atoms with Gasteiger partial charge in [-0.2, -0.15) is 4.98 Å². The lowest BCUT2D eigenvalue weighted by molar-refractivity contribution is -0.203. The number of rotatable bonds is 11. The van der Waals surface area contributed by atoms with Crippen LogP contribution in [0.25, 0.3) is 11.2 Å². The highest BCUT2D eigenvalue weighted by molar-refractivity contribution is 7.55. The van der Waals surface area contributed by atoms with Gasteiger partial charge in [-0.3, -0.25) is 9.13 Å². The first-order valence-electron chi connectivity index (χ1n) is 11.8. The Bertz CT molecular complexity index is 1170. The lowest BCUT2D eigenvalue weighted by Crippen LogP contribution is -2.37. The minimum absolute atomic E-state index is 0.0368. The molecule has 2 fully saturated rings. The number of esters is 1. The summed E-state index contributed by atoms with van der Waals surface area (Å²) in [6.45, 7) is 8.33. The lowest BCUT2D eigenvalue weighted by Gasteiger charge is -2.27. The molecule has 206 valence electrons. The Morgan fingerprint density at radius 1 is 1.14 bits per heavy atom. The van der Waals surface area contributed by atoms with Crippen LogP contribution in [0.1, 0.15) is 40.8 Å². The Kier molecular flexibility index (Phi) is 8.79. The molecule has 2 aliphatic heterocycles. The van der Waals surface area contributed by atoms with Crippen LogP contribution in [0.3, 0.4) is 0 Å². The molecule has 2 aromatic heterocycles. The van der Waals surface area contributed by atoms with Crippen LogP contribution in [0.15, 0.2) is 6.33 Å². The van der Waals surface area contributed by atoms with Crippen molar-refractivity contribution in [2.45, 2.75) is 70.8 Å². The number of nitrogens with zero attached hydrogens (tertiary/aromatic N) is 4. The van der Waals surface area contributed by atoms with Gasteiger partial charge in [-0.1, -0.05) is 11.6 Å². The largest absolute Gasteiger partial charge is 0.464 e. The molecule has 0 radical (unpaired) electrons. The first kappa shape index (κ1) is 28.6. The summed E-state index contributed by atoms with van der Waals surface area (Å²) in [5.74, 6) is -3.43. The van der Waals surface area contributed by atoms with Crippen molar-refractivity contribution < 1.29 is 42.1 Å². The second-order valence-corrected chi connectivity index (χ2v) is 11.3. The minimum Gasteiger partial charge on any atom is -0.464 e. The Labute approximate surface area is 223 Å².